The number of amides is 2. The van der Waals surface area contributed by atoms with Crippen molar-refractivity contribution in [3.8, 4) is 0 Å². The highest BCUT2D eigenvalue weighted by Crippen LogP contribution is 2.32. The van der Waals surface area contributed by atoms with Gasteiger partial charge in [0.1, 0.15) is 5.15 Å². The van der Waals surface area contributed by atoms with E-state index >= 15 is 0 Å². The van der Waals surface area contributed by atoms with Gasteiger partial charge < -0.3 is 20.9 Å². The van der Waals surface area contributed by atoms with E-state index in [-0.39, 0.29) is 33.9 Å². The van der Waals surface area contributed by atoms with Crippen molar-refractivity contribution in [1.82, 2.24) is 20.9 Å². The van der Waals surface area contributed by atoms with Crippen LogP contribution in [0.1, 0.15) is 23.3 Å². The lowest BCUT2D eigenvalue weighted by atomic mass is 10.0. The zero-order valence-electron chi connectivity index (χ0n) is 14.9. The molecule has 0 radical (unpaired) electrons. The second kappa shape index (κ2) is 9.21. The number of piperidine rings is 1. The quantitative estimate of drug-likeness (QED) is 0.499. The highest BCUT2D eigenvalue weighted by Gasteiger charge is 2.24. The molecule has 26 heavy (non-hydrogen) atoms. The predicted octanol–water partition coefficient (Wildman–Crippen LogP) is 1.61. The van der Waals surface area contributed by atoms with Gasteiger partial charge in [-0.2, -0.15) is 0 Å². The van der Waals surface area contributed by atoms with E-state index < -0.39 is 5.91 Å². The van der Waals surface area contributed by atoms with Crippen LogP contribution in [0.3, 0.4) is 0 Å². The van der Waals surface area contributed by atoms with Crippen LogP contribution < -0.4 is 20.9 Å². The Morgan fingerprint density at radius 3 is 2.65 bits per heavy atom. The van der Waals surface area contributed by atoms with Crippen molar-refractivity contribution < 1.29 is 9.59 Å². The second-order valence-electron chi connectivity index (χ2n) is 6.08. The lowest BCUT2D eigenvalue weighted by Gasteiger charge is -2.34. The highest BCUT2D eigenvalue weighted by atomic mass is 35.5. The number of carbonyl (C=O) groups is 2. The minimum Gasteiger partial charge on any atom is -0.370 e. The van der Waals surface area contributed by atoms with Crippen molar-refractivity contribution in [3.63, 3.8) is 0 Å². The fraction of sp³-hybridized carbons (Fsp3) is 0.471. The Labute approximate surface area is 163 Å². The van der Waals surface area contributed by atoms with Crippen molar-refractivity contribution in [2.45, 2.75) is 18.9 Å². The number of hydrogen-bond acceptors (Lipinski definition) is 5. The monoisotopic (exact) mass is 399 g/mol. The van der Waals surface area contributed by atoms with Crippen molar-refractivity contribution in [3.05, 3.63) is 34.1 Å². The summed E-state index contributed by atoms with van der Waals surface area (Å²) in [6.45, 7) is 5.47. The Hall–Kier alpha value is -1.83. The summed E-state index contributed by atoms with van der Waals surface area (Å²) < 4.78 is 0. The van der Waals surface area contributed by atoms with Gasteiger partial charge in [0.2, 0.25) is 5.91 Å². The van der Waals surface area contributed by atoms with Crippen LogP contribution in [-0.2, 0) is 4.79 Å². The Morgan fingerprint density at radius 1 is 1.38 bits per heavy atom. The van der Waals surface area contributed by atoms with Crippen LogP contribution in [0.15, 0.2) is 18.2 Å². The van der Waals surface area contributed by atoms with Crippen molar-refractivity contribution in [2.75, 3.05) is 38.6 Å². The van der Waals surface area contributed by atoms with Crippen molar-refractivity contribution in [1.29, 1.82) is 0 Å². The maximum absolute atomic E-state index is 12.5. The normalized spacial score (nSPS) is 14.6. The van der Waals surface area contributed by atoms with E-state index in [0.717, 1.165) is 25.9 Å². The molecule has 0 spiro atoms. The number of nitrogens with zero attached hydrogens (tertiary/aromatic N) is 2. The van der Waals surface area contributed by atoms with Crippen LogP contribution in [-0.4, -0.2) is 56.6 Å². The van der Waals surface area contributed by atoms with E-state index in [1.165, 1.54) is 7.05 Å². The Bertz CT molecular complexity index is 705. The largest absolute Gasteiger partial charge is 0.370 e. The molecule has 1 saturated heterocycles. The van der Waals surface area contributed by atoms with Crippen LogP contribution in [0.25, 0.3) is 0 Å². The molecule has 2 rings (SSSR count). The molecule has 7 nitrogen and oxygen atoms in total. The Kier molecular flexibility index (Phi) is 7.25. The number of pyridine rings is 1. The molecular weight excluding hydrogens is 377 g/mol. The molecule has 142 valence electrons. The molecule has 0 saturated carbocycles. The van der Waals surface area contributed by atoms with Crippen LogP contribution >= 0.6 is 23.2 Å². The van der Waals surface area contributed by atoms with Gasteiger partial charge in [0, 0.05) is 38.3 Å². The van der Waals surface area contributed by atoms with Crippen LogP contribution in [0.5, 0.6) is 0 Å². The summed E-state index contributed by atoms with van der Waals surface area (Å²) >= 11 is 12.6. The number of rotatable bonds is 6. The van der Waals surface area contributed by atoms with E-state index in [9.17, 15) is 9.59 Å². The molecule has 1 aromatic heterocycles. The summed E-state index contributed by atoms with van der Waals surface area (Å²) in [6.07, 6.45) is 1.94. The zero-order chi connectivity index (χ0) is 19.3. The van der Waals surface area contributed by atoms with Gasteiger partial charge in [-0.25, -0.2) is 4.98 Å². The molecule has 0 aliphatic carbocycles. The summed E-state index contributed by atoms with van der Waals surface area (Å²) in [5, 5.41) is 8.77. The number of aromatic nitrogens is 1. The Balaban J connectivity index is 2.18. The molecule has 2 amide bonds. The van der Waals surface area contributed by atoms with E-state index in [0.29, 0.717) is 11.7 Å². The molecular formula is C17H23Cl2N5O2. The third-order valence-corrected chi connectivity index (χ3v) is 4.94. The first-order valence-electron chi connectivity index (χ1n) is 8.32. The van der Waals surface area contributed by atoms with Gasteiger partial charge in [-0.15, -0.1) is 0 Å². The van der Waals surface area contributed by atoms with Gasteiger partial charge in [-0.05, 0) is 25.9 Å². The minimum atomic E-state index is -0.512. The third-order valence-electron chi connectivity index (χ3n) is 4.37. The van der Waals surface area contributed by atoms with Crippen LogP contribution in [0.4, 0.5) is 5.69 Å². The van der Waals surface area contributed by atoms with Gasteiger partial charge in [0.25, 0.3) is 5.91 Å². The van der Waals surface area contributed by atoms with Crippen molar-refractivity contribution >= 4 is 40.7 Å². The first-order valence-corrected chi connectivity index (χ1v) is 9.08. The van der Waals surface area contributed by atoms with E-state index in [1.807, 2.05) is 11.9 Å². The average Bonchev–Trinajstić information content (AvgIpc) is 2.66. The topological polar surface area (TPSA) is 86.4 Å². The number of carbonyl (C=O) groups excluding carboxylic acids is 2. The van der Waals surface area contributed by atoms with Gasteiger partial charge in [-0.3, -0.25) is 9.59 Å². The van der Waals surface area contributed by atoms with E-state index in [1.54, 1.807) is 6.07 Å². The van der Waals surface area contributed by atoms with E-state index in [4.69, 9.17) is 23.2 Å². The molecule has 0 unspecified atom stereocenters. The van der Waals surface area contributed by atoms with Gasteiger partial charge >= 0.3 is 0 Å². The third kappa shape index (κ3) is 4.87. The molecule has 0 atom stereocenters. The lowest BCUT2D eigenvalue weighted by molar-refractivity contribution is -0.117. The molecule has 1 aliphatic heterocycles. The molecule has 3 N–H and O–H groups in total. The lowest BCUT2D eigenvalue weighted by Crippen LogP contribution is -2.41. The van der Waals surface area contributed by atoms with Gasteiger partial charge in [0.15, 0.2) is 5.69 Å². The molecule has 1 fully saturated rings. The van der Waals surface area contributed by atoms with Crippen LogP contribution in [0, 0.1) is 0 Å². The number of hydrogen-bond donors (Lipinski definition) is 3. The molecule has 0 aromatic carbocycles. The zero-order valence-corrected chi connectivity index (χ0v) is 16.4. The fourth-order valence-electron chi connectivity index (χ4n) is 2.81. The number of halogens is 2. The summed E-state index contributed by atoms with van der Waals surface area (Å²) in [5.41, 5.74) is 0.916. The molecule has 9 heteroatoms. The van der Waals surface area contributed by atoms with Gasteiger partial charge in [0.05, 0.1) is 10.7 Å². The summed E-state index contributed by atoms with van der Waals surface area (Å²) in [6, 6.07) is 1.96. The smallest absolute Gasteiger partial charge is 0.271 e. The van der Waals surface area contributed by atoms with E-state index in [2.05, 4.69) is 27.5 Å². The maximum Gasteiger partial charge on any atom is 0.271 e. The Morgan fingerprint density at radius 2 is 2.04 bits per heavy atom. The SMILES string of the molecule is C=C(CNC(=O)c1nc(Cl)cc(N(C)C2CCNCC2)c1Cl)C(=O)NC. The van der Waals surface area contributed by atoms with Crippen molar-refractivity contribution in [2.24, 2.45) is 0 Å². The fourth-order valence-corrected chi connectivity index (χ4v) is 3.31. The standard InChI is InChI=1S/C17H23Cl2N5O2/c1-10(16(25)20-2)9-22-17(26)15-14(19)12(8-13(18)23-15)24(3)11-4-6-21-7-5-11/h8,11,21H,1,4-7,9H2,2-3H3,(H,20,25)(H,22,26). The number of anilines is 1. The highest BCUT2D eigenvalue weighted by molar-refractivity contribution is 6.37. The molecule has 1 aromatic rings. The van der Waals surface area contributed by atoms with Gasteiger partial charge in [-0.1, -0.05) is 29.8 Å². The second-order valence-corrected chi connectivity index (χ2v) is 6.85. The maximum atomic E-state index is 12.5. The molecule has 0 bridgehead atoms. The molecule has 1 aliphatic rings. The van der Waals surface area contributed by atoms with Crippen LogP contribution in [0.2, 0.25) is 10.2 Å². The minimum absolute atomic E-state index is 0.0114. The first kappa shape index (κ1) is 20.5. The summed E-state index contributed by atoms with van der Waals surface area (Å²) in [4.78, 5) is 30.0. The number of nitrogens with one attached hydrogen (secondary N) is 3. The average molecular weight is 400 g/mol. The molecule has 2 heterocycles. The first-order chi connectivity index (χ1) is 12.3. The predicted molar refractivity (Wildman–Crippen MR) is 104 cm³/mol. The summed E-state index contributed by atoms with van der Waals surface area (Å²) in [5.74, 6) is -0.857. The number of likely N-dealkylation sites (N-methyl/N-ethyl adjacent to an activating group) is 1. The summed E-state index contributed by atoms with van der Waals surface area (Å²) in [7, 11) is 3.43.